The molecule has 0 fully saturated rings. The van der Waals surface area contributed by atoms with Crippen LogP contribution in [0.2, 0.25) is 5.02 Å². The molecule has 1 heterocycles. The Labute approximate surface area is 121 Å². The molecule has 0 aliphatic rings. The highest BCUT2D eigenvalue weighted by molar-refractivity contribution is 6.32. The van der Waals surface area contributed by atoms with E-state index >= 15 is 0 Å². The second-order valence-corrected chi connectivity index (χ2v) is 4.93. The van der Waals surface area contributed by atoms with Gasteiger partial charge in [0.05, 0.1) is 11.9 Å². The minimum atomic E-state index is -0.447. The van der Waals surface area contributed by atoms with Crippen LogP contribution in [0.1, 0.15) is 19.4 Å². The Balaban J connectivity index is 2.32. The highest BCUT2D eigenvalue weighted by Crippen LogP contribution is 2.16. The lowest BCUT2D eigenvalue weighted by molar-refractivity contribution is 0.880. The fourth-order valence-corrected chi connectivity index (χ4v) is 1.85. The number of hydrogen-bond donors (Lipinski definition) is 2. The van der Waals surface area contributed by atoms with E-state index < -0.39 is 5.56 Å². The van der Waals surface area contributed by atoms with E-state index in [0.29, 0.717) is 5.69 Å². The van der Waals surface area contributed by atoms with Crippen molar-refractivity contribution in [1.82, 2.24) is 10.2 Å². The van der Waals surface area contributed by atoms with E-state index in [0.717, 1.165) is 11.3 Å². The number of benzene rings is 1. The molecule has 104 valence electrons. The highest BCUT2D eigenvalue weighted by atomic mass is 35.5. The van der Waals surface area contributed by atoms with Crippen LogP contribution in [0, 0.1) is 5.92 Å². The molecule has 2 N–H and O–H groups in total. The van der Waals surface area contributed by atoms with Gasteiger partial charge in [-0.25, -0.2) is 5.10 Å². The molecular weight excluding hydrogens is 276 g/mol. The molecule has 0 spiro atoms. The molecule has 0 radical (unpaired) electrons. The second-order valence-electron chi connectivity index (χ2n) is 4.56. The van der Waals surface area contributed by atoms with Gasteiger partial charge in [-0.1, -0.05) is 55.8 Å². The van der Waals surface area contributed by atoms with Gasteiger partial charge in [-0.05, 0) is 11.5 Å². The zero-order valence-electron chi connectivity index (χ0n) is 11.2. The van der Waals surface area contributed by atoms with Crippen molar-refractivity contribution in [3.8, 4) is 0 Å². The molecule has 5 nitrogen and oxygen atoms in total. The van der Waals surface area contributed by atoms with E-state index in [1.54, 1.807) is 0 Å². The van der Waals surface area contributed by atoms with Crippen LogP contribution in [0.5, 0.6) is 0 Å². The van der Waals surface area contributed by atoms with Crippen LogP contribution in [-0.2, 0) is 0 Å². The van der Waals surface area contributed by atoms with Crippen LogP contribution in [0.4, 0.5) is 5.69 Å². The summed E-state index contributed by atoms with van der Waals surface area (Å²) in [7, 11) is 0. The molecular formula is C14H15ClN4O. The first-order valence-electron chi connectivity index (χ1n) is 6.21. The van der Waals surface area contributed by atoms with E-state index in [2.05, 4.69) is 20.7 Å². The van der Waals surface area contributed by atoms with Gasteiger partial charge in [-0.3, -0.25) is 10.2 Å². The van der Waals surface area contributed by atoms with Crippen LogP contribution in [0.25, 0.3) is 0 Å². The van der Waals surface area contributed by atoms with Crippen molar-refractivity contribution in [3.63, 3.8) is 0 Å². The molecule has 0 amide bonds. The maximum Gasteiger partial charge on any atom is 0.285 e. The summed E-state index contributed by atoms with van der Waals surface area (Å²) in [4.78, 5) is 11.3. The van der Waals surface area contributed by atoms with Crippen molar-refractivity contribution in [2.75, 3.05) is 5.43 Å². The second kappa shape index (κ2) is 6.34. The Morgan fingerprint density at radius 1 is 1.35 bits per heavy atom. The highest BCUT2D eigenvalue weighted by Gasteiger charge is 2.09. The van der Waals surface area contributed by atoms with Crippen molar-refractivity contribution in [1.29, 1.82) is 0 Å². The van der Waals surface area contributed by atoms with Crippen LogP contribution >= 0.6 is 11.6 Å². The summed E-state index contributed by atoms with van der Waals surface area (Å²) in [5.74, 6) is 0.221. The monoisotopic (exact) mass is 290 g/mol. The lowest BCUT2D eigenvalue weighted by Crippen LogP contribution is -2.14. The Morgan fingerprint density at radius 2 is 2.05 bits per heavy atom. The summed E-state index contributed by atoms with van der Waals surface area (Å²) in [6, 6.07) is 9.83. The van der Waals surface area contributed by atoms with Gasteiger partial charge >= 0.3 is 0 Å². The van der Waals surface area contributed by atoms with E-state index in [-0.39, 0.29) is 10.9 Å². The predicted octanol–water partition coefficient (Wildman–Crippen LogP) is 2.90. The molecule has 1 aromatic carbocycles. The van der Waals surface area contributed by atoms with E-state index in [1.165, 1.54) is 6.20 Å². The molecule has 0 aliphatic carbocycles. The average Bonchev–Trinajstić information content (AvgIpc) is 2.44. The van der Waals surface area contributed by atoms with Crippen LogP contribution in [-0.4, -0.2) is 15.9 Å². The molecule has 0 saturated heterocycles. The first-order chi connectivity index (χ1) is 9.59. The summed E-state index contributed by atoms with van der Waals surface area (Å²) in [5, 5.41) is 10.3. The molecule has 2 aromatic rings. The third-order valence-electron chi connectivity index (χ3n) is 2.71. The van der Waals surface area contributed by atoms with E-state index in [1.807, 2.05) is 44.2 Å². The number of H-pyrrole nitrogens is 1. The number of aromatic nitrogens is 2. The smallest absolute Gasteiger partial charge is 0.275 e. The Bertz CT molecular complexity index is 664. The third kappa shape index (κ3) is 3.24. The summed E-state index contributed by atoms with van der Waals surface area (Å²) >= 11 is 5.89. The molecule has 1 aromatic heterocycles. The van der Waals surface area contributed by atoms with Gasteiger partial charge < -0.3 is 0 Å². The number of hydrazone groups is 1. The number of anilines is 1. The van der Waals surface area contributed by atoms with Crippen LogP contribution < -0.4 is 11.0 Å². The third-order valence-corrected chi connectivity index (χ3v) is 3.08. The largest absolute Gasteiger partial charge is 0.285 e. The number of rotatable bonds is 4. The molecule has 2 rings (SSSR count). The lowest BCUT2D eigenvalue weighted by Gasteiger charge is -2.11. The summed E-state index contributed by atoms with van der Waals surface area (Å²) in [5.41, 5.74) is 4.63. The quantitative estimate of drug-likeness (QED) is 0.672. The van der Waals surface area contributed by atoms with Gasteiger partial charge in [0.2, 0.25) is 0 Å². The topological polar surface area (TPSA) is 70.1 Å². The number of nitrogens with one attached hydrogen (secondary N) is 2. The minimum absolute atomic E-state index is 0.0416. The molecule has 0 bridgehead atoms. The van der Waals surface area contributed by atoms with Crippen molar-refractivity contribution < 1.29 is 0 Å². The van der Waals surface area contributed by atoms with Gasteiger partial charge in [-0.2, -0.15) is 10.2 Å². The predicted molar refractivity (Wildman–Crippen MR) is 81.3 cm³/mol. The van der Waals surface area contributed by atoms with Gasteiger partial charge in [0.1, 0.15) is 10.7 Å². The van der Waals surface area contributed by atoms with Crippen LogP contribution in [0.3, 0.4) is 0 Å². The van der Waals surface area contributed by atoms with Crippen molar-refractivity contribution in [3.05, 3.63) is 57.5 Å². The summed E-state index contributed by atoms with van der Waals surface area (Å²) in [6.45, 7) is 4.09. The van der Waals surface area contributed by atoms with Gasteiger partial charge in [0.25, 0.3) is 5.56 Å². The normalized spacial score (nSPS) is 11.7. The van der Waals surface area contributed by atoms with E-state index in [4.69, 9.17) is 11.6 Å². The van der Waals surface area contributed by atoms with Crippen molar-refractivity contribution in [2.24, 2.45) is 11.0 Å². The summed E-state index contributed by atoms with van der Waals surface area (Å²) in [6.07, 6.45) is 1.43. The lowest BCUT2D eigenvalue weighted by atomic mass is 10.0. The van der Waals surface area contributed by atoms with Gasteiger partial charge in [-0.15, -0.1) is 0 Å². The molecule has 0 saturated carbocycles. The van der Waals surface area contributed by atoms with Gasteiger partial charge in [0, 0.05) is 0 Å². The van der Waals surface area contributed by atoms with Gasteiger partial charge in [0.15, 0.2) is 0 Å². The number of nitrogens with zero attached hydrogens (tertiary/aromatic N) is 2. The zero-order chi connectivity index (χ0) is 14.5. The molecule has 0 aliphatic heterocycles. The standard InChI is InChI=1S/C14H15ClN4O/c1-9(2)13(10-6-4-3-5-7-10)18-17-11-8-16-19-14(20)12(11)15/h3-9H,1-2H3,(H2,17,19,20). The molecule has 6 heteroatoms. The molecule has 0 unspecified atom stereocenters. The summed E-state index contributed by atoms with van der Waals surface area (Å²) < 4.78 is 0. The number of halogens is 1. The van der Waals surface area contributed by atoms with Crippen molar-refractivity contribution in [2.45, 2.75) is 13.8 Å². The first kappa shape index (κ1) is 14.3. The fraction of sp³-hybridized carbons (Fsp3) is 0.214. The zero-order valence-corrected chi connectivity index (χ0v) is 12.0. The molecule has 0 atom stereocenters. The first-order valence-corrected chi connectivity index (χ1v) is 6.59. The maximum atomic E-state index is 11.3. The molecule has 20 heavy (non-hydrogen) atoms. The minimum Gasteiger partial charge on any atom is -0.275 e. The Kier molecular flexibility index (Phi) is 4.53. The fourth-order valence-electron chi connectivity index (χ4n) is 1.72. The maximum absolute atomic E-state index is 11.3. The van der Waals surface area contributed by atoms with Crippen molar-refractivity contribution >= 4 is 23.0 Å². The number of hydrogen-bond acceptors (Lipinski definition) is 4. The Morgan fingerprint density at radius 3 is 2.70 bits per heavy atom. The Hall–Kier alpha value is -2.14. The number of aromatic amines is 1. The SMILES string of the molecule is CC(C)C(=NNc1cn[nH]c(=O)c1Cl)c1ccccc1. The van der Waals surface area contributed by atoms with E-state index in [9.17, 15) is 4.79 Å². The average molecular weight is 291 g/mol. The van der Waals surface area contributed by atoms with Crippen LogP contribution in [0.15, 0.2) is 46.4 Å².